The Hall–Kier alpha value is -2.47. The van der Waals surface area contributed by atoms with E-state index in [1.54, 1.807) is 36.4 Å². The number of hydrogen-bond acceptors (Lipinski definition) is 4. The van der Waals surface area contributed by atoms with E-state index in [2.05, 4.69) is 5.32 Å². The largest absolute Gasteiger partial charge is 0.481 e. The third-order valence-electron chi connectivity index (χ3n) is 4.05. The molecule has 1 fully saturated rings. The Morgan fingerprint density at radius 2 is 1.73 bits per heavy atom. The van der Waals surface area contributed by atoms with Crippen LogP contribution in [0, 0.1) is 11.8 Å². The average molecular weight is 301 g/mol. The standard InChI is InChI=1S/C16H15NO5/c1-8(18)9-4-2-3-5-10(9)17-15(19)13-11-6-7-12(22-11)14(13)16(20)21/h2-7,11-14H,1H3,(H,17,19)(H,20,21)/t11-,12-,13-,14-/m1/s1. The molecule has 1 aromatic carbocycles. The van der Waals surface area contributed by atoms with Crippen molar-refractivity contribution in [1.29, 1.82) is 0 Å². The van der Waals surface area contributed by atoms with Gasteiger partial charge in [-0.2, -0.15) is 0 Å². The van der Waals surface area contributed by atoms with Crippen LogP contribution in [0.3, 0.4) is 0 Å². The fourth-order valence-electron chi connectivity index (χ4n) is 3.03. The van der Waals surface area contributed by atoms with Crippen LogP contribution in [0.5, 0.6) is 0 Å². The van der Waals surface area contributed by atoms with Gasteiger partial charge in [0, 0.05) is 5.56 Å². The highest BCUT2D eigenvalue weighted by Gasteiger charge is 2.53. The topological polar surface area (TPSA) is 92.7 Å². The molecule has 4 atom stereocenters. The smallest absolute Gasteiger partial charge is 0.310 e. The van der Waals surface area contributed by atoms with Gasteiger partial charge < -0.3 is 15.2 Å². The van der Waals surface area contributed by atoms with Crippen molar-refractivity contribution in [2.45, 2.75) is 19.1 Å². The molecule has 3 rings (SSSR count). The molecule has 2 aliphatic rings. The summed E-state index contributed by atoms with van der Waals surface area (Å²) in [5, 5.41) is 12.0. The molecular formula is C16H15NO5. The summed E-state index contributed by atoms with van der Waals surface area (Å²) in [4.78, 5) is 35.5. The predicted molar refractivity (Wildman–Crippen MR) is 77.5 cm³/mol. The third-order valence-corrected chi connectivity index (χ3v) is 4.05. The maximum Gasteiger partial charge on any atom is 0.310 e. The van der Waals surface area contributed by atoms with Gasteiger partial charge in [-0.05, 0) is 19.1 Å². The number of carbonyl (C=O) groups is 3. The fraction of sp³-hybridized carbons (Fsp3) is 0.312. The second kappa shape index (κ2) is 5.38. The SMILES string of the molecule is CC(=O)c1ccccc1NC(=O)[C@H]1[C@H](C(=O)O)[C@H]2C=C[C@H]1O2. The van der Waals surface area contributed by atoms with Gasteiger partial charge in [0.1, 0.15) is 5.92 Å². The second-order valence-corrected chi connectivity index (χ2v) is 5.43. The van der Waals surface area contributed by atoms with E-state index in [1.165, 1.54) is 6.92 Å². The summed E-state index contributed by atoms with van der Waals surface area (Å²) >= 11 is 0. The number of nitrogens with one attached hydrogen (secondary N) is 1. The number of ether oxygens (including phenoxy) is 1. The van der Waals surface area contributed by atoms with E-state index in [0.29, 0.717) is 11.3 Å². The fourth-order valence-corrected chi connectivity index (χ4v) is 3.03. The van der Waals surface area contributed by atoms with Gasteiger partial charge in [0.05, 0.1) is 23.8 Å². The molecule has 0 aromatic heterocycles. The first-order valence-corrected chi connectivity index (χ1v) is 6.96. The van der Waals surface area contributed by atoms with Crippen molar-refractivity contribution in [3.63, 3.8) is 0 Å². The number of benzene rings is 1. The number of para-hydroxylation sites is 1. The summed E-state index contributed by atoms with van der Waals surface area (Å²) in [7, 11) is 0. The minimum Gasteiger partial charge on any atom is -0.481 e. The Labute approximate surface area is 126 Å². The molecule has 2 bridgehead atoms. The summed E-state index contributed by atoms with van der Waals surface area (Å²) < 4.78 is 5.48. The van der Waals surface area contributed by atoms with Crippen LogP contribution in [-0.4, -0.2) is 35.0 Å². The van der Waals surface area contributed by atoms with Crippen molar-refractivity contribution >= 4 is 23.3 Å². The number of carboxylic acids is 1. The molecule has 114 valence electrons. The molecule has 0 radical (unpaired) electrons. The molecule has 1 aromatic rings. The number of Topliss-reactive ketones (excluding diaryl/α,β-unsaturated/α-hetero) is 1. The zero-order valence-electron chi connectivity index (χ0n) is 11.9. The van der Waals surface area contributed by atoms with Gasteiger partial charge in [-0.3, -0.25) is 14.4 Å². The van der Waals surface area contributed by atoms with Crippen LogP contribution in [0.2, 0.25) is 0 Å². The Balaban J connectivity index is 1.85. The number of fused-ring (bicyclic) bond motifs is 2. The van der Waals surface area contributed by atoms with Crippen molar-refractivity contribution in [3.8, 4) is 0 Å². The summed E-state index contributed by atoms with van der Waals surface area (Å²) in [6, 6.07) is 6.64. The molecule has 0 saturated carbocycles. The highest BCUT2D eigenvalue weighted by molar-refractivity contribution is 6.05. The van der Waals surface area contributed by atoms with Crippen LogP contribution in [0.1, 0.15) is 17.3 Å². The van der Waals surface area contributed by atoms with E-state index >= 15 is 0 Å². The van der Waals surface area contributed by atoms with Crippen LogP contribution in [0.25, 0.3) is 0 Å². The molecule has 1 saturated heterocycles. The normalized spacial score (nSPS) is 28.6. The first kappa shape index (κ1) is 14.5. The highest BCUT2D eigenvalue weighted by atomic mass is 16.5. The van der Waals surface area contributed by atoms with E-state index in [0.717, 1.165) is 0 Å². The minimum atomic E-state index is -1.06. The lowest BCUT2D eigenvalue weighted by Gasteiger charge is -2.21. The first-order valence-electron chi connectivity index (χ1n) is 6.96. The van der Waals surface area contributed by atoms with Gasteiger partial charge in [-0.25, -0.2) is 0 Å². The monoisotopic (exact) mass is 301 g/mol. The molecule has 22 heavy (non-hydrogen) atoms. The number of rotatable bonds is 4. The van der Waals surface area contributed by atoms with Crippen LogP contribution in [0.15, 0.2) is 36.4 Å². The molecule has 0 aliphatic carbocycles. The number of anilines is 1. The average Bonchev–Trinajstić information content (AvgIpc) is 3.08. The Morgan fingerprint density at radius 1 is 1.09 bits per heavy atom. The summed E-state index contributed by atoms with van der Waals surface area (Å²) in [6.07, 6.45) is 2.29. The lowest BCUT2D eigenvalue weighted by Crippen LogP contribution is -2.39. The van der Waals surface area contributed by atoms with Crippen molar-refractivity contribution in [2.75, 3.05) is 5.32 Å². The van der Waals surface area contributed by atoms with Crippen molar-refractivity contribution in [2.24, 2.45) is 11.8 Å². The molecule has 2 N–H and O–H groups in total. The summed E-state index contributed by atoms with van der Waals surface area (Å²) in [6.45, 7) is 1.41. The van der Waals surface area contributed by atoms with Gasteiger partial charge in [0.25, 0.3) is 0 Å². The van der Waals surface area contributed by atoms with Gasteiger partial charge >= 0.3 is 5.97 Å². The molecule has 1 amide bonds. The van der Waals surface area contributed by atoms with E-state index in [-0.39, 0.29) is 5.78 Å². The zero-order chi connectivity index (χ0) is 15.9. The lowest BCUT2D eigenvalue weighted by atomic mass is 9.82. The number of amides is 1. The highest BCUT2D eigenvalue weighted by Crippen LogP contribution is 2.40. The third kappa shape index (κ3) is 2.31. The molecule has 2 heterocycles. The van der Waals surface area contributed by atoms with Crippen LogP contribution < -0.4 is 5.32 Å². The van der Waals surface area contributed by atoms with Crippen LogP contribution >= 0.6 is 0 Å². The number of hydrogen-bond donors (Lipinski definition) is 2. The van der Waals surface area contributed by atoms with Gasteiger partial charge in [-0.15, -0.1) is 0 Å². The number of ketones is 1. The molecule has 0 spiro atoms. The molecule has 6 heteroatoms. The number of carbonyl (C=O) groups excluding carboxylic acids is 2. The molecule has 2 aliphatic heterocycles. The van der Waals surface area contributed by atoms with Crippen LogP contribution in [-0.2, 0) is 14.3 Å². The quantitative estimate of drug-likeness (QED) is 0.649. The Bertz CT molecular complexity index is 681. The minimum absolute atomic E-state index is 0.172. The lowest BCUT2D eigenvalue weighted by molar-refractivity contribution is -0.145. The summed E-state index contributed by atoms with van der Waals surface area (Å²) in [5.74, 6) is -3.38. The van der Waals surface area contributed by atoms with E-state index in [1.807, 2.05) is 0 Å². The Morgan fingerprint density at radius 3 is 2.36 bits per heavy atom. The predicted octanol–water partition coefficient (Wildman–Crippen LogP) is 1.48. The van der Waals surface area contributed by atoms with E-state index < -0.39 is 35.9 Å². The maximum absolute atomic E-state index is 12.5. The Kier molecular flexibility index (Phi) is 3.54. The number of carboxylic acid groups (broad SMARTS) is 1. The zero-order valence-corrected chi connectivity index (χ0v) is 11.9. The molecule has 0 unspecified atom stereocenters. The second-order valence-electron chi connectivity index (χ2n) is 5.43. The van der Waals surface area contributed by atoms with E-state index in [4.69, 9.17) is 4.74 Å². The molecular weight excluding hydrogens is 286 g/mol. The van der Waals surface area contributed by atoms with Gasteiger partial charge in [0.2, 0.25) is 5.91 Å². The summed E-state index contributed by atoms with van der Waals surface area (Å²) in [5.41, 5.74) is 0.776. The van der Waals surface area contributed by atoms with E-state index in [9.17, 15) is 19.5 Å². The van der Waals surface area contributed by atoms with Gasteiger partial charge in [-0.1, -0.05) is 24.3 Å². The maximum atomic E-state index is 12.5. The van der Waals surface area contributed by atoms with Crippen molar-refractivity contribution < 1.29 is 24.2 Å². The van der Waals surface area contributed by atoms with Crippen LogP contribution in [0.4, 0.5) is 5.69 Å². The van der Waals surface area contributed by atoms with Crippen molar-refractivity contribution in [3.05, 3.63) is 42.0 Å². The van der Waals surface area contributed by atoms with Gasteiger partial charge in [0.15, 0.2) is 5.78 Å². The molecule has 6 nitrogen and oxygen atoms in total. The number of aliphatic carboxylic acids is 1. The first-order chi connectivity index (χ1) is 10.5. The van der Waals surface area contributed by atoms with Crippen molar-refractivity contribution in [1.82, 2.24) is 0 Å².